The van der Waals surface area contributed by atoms with E-state index in [1.165, 1.54) is 0 Å². The van der Waals surface area contributed by atoms with Gasteiger partial charge in [-0.05, 0) is 39.7 Å². The Morgan fingerprint density at radius 2 is 1.68 bits per heavy atom. The van der Waals surface area contributed by atoms with Crippen molar-refractivity contribution >= 4 is 6.16 Å². The van der Waals surface area contributed by atoms with Gasteiger partial charge < -0.3 is 4.74 Å². The first-order valence-electron chi connectivity index (χ1n) is 6.41. The molecular weight excluding hydrogens is 244 g/mol. The monoisotopic (exact) mass is 266 g/mol. The van der Waals surface area contributed by atoms with Gasteiger partial charge in [0.15, 0.2) is 0 Å². The molecule has 0 N–H and O–H groups in total. The van der Waals surface area contributed by atoms with E-state index in [4.69, 9.17) is 14.5 Å². The minimum Gasteiger partial charge on any atom is -0.421 e. The lowest BCUT2D eigenvalue weighted by molar-refractivity contribution is -0.322. The first kappa shape index (κ1) is 15.5. The van der Waals surface area contributed by atoms with Gasteiger partial charge in [0.2, 0.25) is 0 Å². The zero-order valence-electron chi connectivity index (χ0n) is 12.2. The van der Waals surface area contributed by atoms with Gasteiger partial charge in [0, 0.05) is 0 Å². The van der Waals surface area contributed by atoms with Crippen molar-refractivity contribution in [2.45, 2.75) is 52.2 Å². The molecule has 1 aromatic carbocycles. The molecular formula is C15H22O4. The van der Waals surface area contributed by atoms with Crippen LogP contribution in [0.2, 0.25) is 0 Å². The van der Waals surface area contributed by atoms with Crippen molar-refractivity contribution in [3.05, 3.63) is 35.9 Å². The molecule has 0 bridgehead atoms. The molecule has 4 nitrogen and oxygen atoms in total. The average molecular weight is 266 g/mol. The highest BCUT2D eigenvalue weighted by Gasteiger charge is 2.28. The average Bonchev–Trinajstić information content (AvgIpc) is 2.37. The molecule has 0 heterocycles. The maximum Gasteiger partial charge on any atom is 0.541 e. The van der Waals surface area contributed by atoms with Gasteiger partial charge in [0.05, 0.1) is 0 Å². The molecule has 0 saturated carbocycles. The van der Waals surface area contributed by atoms with Gasteiger partial charge in [-0.1, -0.05) is 37.3 Å². The van der Waals surface area contributed by atoms with Crippen LogP contribution < -0.4 is 0 Å². The van der Waals surface area contributed by atoms with E-state index >= 15 is 0 Å². The number of hydrogen-bond donors (Lipinski definition) is 0. The van der Waals surface area contributed by atoms with Crippen LogP contribution >= 0.6 is 0 Å². The van der Waals surface area contributed by atoms with E-state index in [2.05, 4.69) is 0 Å². The quantitative estimate of drug-likeness (QED) is 0.455. The van der Waals surface area contributed by atoms with Gasteiger partial charge in [-0.25, -0.2) is 4.79 Å². The van der Waals surface area contributed by atoms with Crippen LogP contribution in [0.5, 0.6) is 0 Å². The van der Waals surface area contributed by atoms with E-state index in [1.54, 1.807) is 13.8 Å². The van der Waals surface area contributed by atoms with Crippen molar-refractivity contribution in [3.63, 3.8) is 0 Å². The van der Waals surface area contributed by atoms with Crippen molar-refractivity contribution in [3.8, 4) is 0 Å². The number of hydrogen-bond acceptors (Lipinski definition) is 4. The van der Waals surface area contributed by atoms with Crippen LogP contribution in [0.15, 0.2) is 30.3 Å². The molecule has 1 aromatic rings. The summed E-state index contributed by atoms with van der Waals surface area (Å²) in [6, 6.07) is 9.48. The third-order valence-electron chi connectivity index (χ3n) is 2.99. The number of carbonyl (C=O) groups excluding carboxylic acids is 1. The van der Waals surface area contributed by atoms with Gasteiger partial charge in [0.1, 0.15) is 11.2 Å². The van der Waals surface area contributed by atoms with E-state index in [1.807, 2.05) is 51.1 Å². The van der Waals surface area contributed by atoms with Gasteiger partial charge in [-0.2, -0.15) is 4.89 Å². The van der Waals surface area contributed by atoms with E-state index < -0.39 is 17.4 Å². The van der Waals surface area contributed by atoms with Gasteiger partial charge >= 0.3 is 6.16 Å². The Balaban J connectivity index is 2.57. The van der Waals surface area contributed by atoms with E-state index in [-0.39, 0.29) is 0 Å². The largest absolute Gasteiger partial charge is 0.541 e. The Labute approximate surface area is 114 Å². The van der Waals surface area contributed by atoms with E-state index in [0.29, 0.717) is 0 Å². The first-order valence-corrected chi connectivity index (χ1v) is 6.41. The maximum atomic E-state index is 11.6. The second kappa shape index (κ2) is 6.06. The molecule has 4 heteroatoms. The van der Waals surface area contributed by atoms with Gasteiger partial charge in [-0.15, -0.1) is 0 Å². The Hall–Kier alpha value is -1.55. The molecule has 0 aliphatic carbocycles. The van der Waals surface area contributed by atoms with Crippen LogP contribution in [-0.4, -0.2) is 11.8 Å². The van der Waals surface area contributed by atoms with Gasteiger partial charge in [0.25, 0.3) is 0 Å². The third-order valence-corrected chi connectivity index (χ3v) is 2.99. The summed E-state index contributed by atoms with van der Waals surface area (Å²) in [5.74, 6) is 0. The summed E-state index contributed by atoms with van der Waals surface area (Å²) in [7, 11) is 0. The molecule has 106 valence electrons. The molecule has 19 heavy (non-hydrogen) atoms. The Kier molecular flexibility index (Phi) is 4.95. The second-order valence-corrected chi connectivity index (χ2v) is 5.51. The number of ether oxygens (including phenoxy) is 1. The van der Waals surface area contributed by atoms with Crippen molar-refractivity contribution in [1.29, 1.82) is 0 Å². The zero-order valence-corrected chi connectivity index (χ0v) is 12.2. The smallest absolute Gasteiger partial charge is 0.421 e. The standard InChI is InChI=1S/C15H22O4/c1-6-14(2,3)19-18-13(16)17-15(4,5)12-10-8-7-9-11-12/h7-11H,6H2,1-5H3. The summed E-state index contributed by atoms with van der Waals surface area (Å²) in [6.45, 7) is 9.22. The Bertz CT molecular complexity index is 409. The molecule has 0 aliphatic rings. The molecule has 0 spiro atoms. The normalized spacial score (nSPS) is 12.1. The van der Waals surface area contributed by atoms with Crippen LogP contribution in [0, 0.1) is 0 Å². The molecule has 0 unspecified atom stereocenters. The molecule has 0 fully saturated rings. The highest BCUT2D eigenvalue weighted by atomic mass is 17.2. The van der Waals surface area contributed by atoms with Crippen LogP contribution in [-0.2, 0) is 20.1 Å². The lowest BCUT2D eigenvalue weighted by Crippen LogP contribution is -2.30. The van der Waals surface area contributed by atoms with Crippen LogP contribution in [0.1, 0.15) is 46.6 Å². The van der Waals surface area contributed by atoms with Crippen LogP contribution in [0.25, 0.3) is 0 Å². The highest BCUT2D eigenvalue weighted by Crippen LogP contribution is 2.25. The van der Waals surface area contributed by atoms with Crippen molar-refractivity contribution in [1.82, 2.24) is 0 Å². The predicted octanol–water partition coefficient (Wildman–Crippen LogP) is 4.20. The lowest BCUT2D eigenvalue weighted by atomic mass is 9.98. The Morgan fingerprint density at radius 1 is 1.11 bits per heavy atom. The van der Waals surface area contributed by atoms with Gasteiger partial charge in [-0.3, -0.25) is 4.89 Å². The summed E-state index contributed by atoms with van der Waals surface area (Å²) in [6.07, 6.45) is -0.113. The summed E-state index contributed by atoms with van der Waals surface area (Å²) in [5, 5.41) is 0. The SMILES string of the molecule is CCC(C)(C)OOC(=O)OC(C)(C)c1ccccc1. The fraction of sp³-hybridized carbons (Fsp3) is 0.533. The van der Waals surface area contributed by atoms with Crippen LogP contribution in [0.4, 0.5) is 4.79 Å². The predicted molar refractivity (Wildman–Crippen MR) is 72.5 cm³/mol. The lowest BCUT2D eigenvalue weighted by Gasteiger charge is -2.26. The maximum absolute atomic E-state index is 11.6. The fourth-order valence-corrected chi connectivity index (χ4v) is 1.33. The molecule has 0 atom stereocenters. The first-order chi connectivity index (χ1) is 8.77. The Morgan fingerprint density at radius 3 is 2.21 bits per heavy atom. The second-order valence-electron chi connectivity index (χ2n) is 5.51. The summed E-state index contributed by atoms with van der Waals surface area (Å²) < 4.78 is 5.28. The summed E-state index contributed by atoms with van der Waals surface area (Å²) in [5.41, 5.74) is -0.393. The molecule has 0 aromatic heterocycles. The molecule has 0 saturated heterocycles. The summed E-state index contributed by atoms with van der Waals surface area (Å²) >= 11 is 0. The van der Waals surface area contributed by atoms with Crippen molar-refractivity contribution in [2.24, 2.45) is 0 Å². The molecule has 0 aliphatic heterocycles. The number of rotatable bonds is 5. The van der Waals surface area contributed by atoms with Crippen molar-refractivity contribution < 1.29 is 19.3 Å². The number of carbonyl (C=O) groups is 1. The summed E-state index contributed by atoms with van der Waals surface area (Å²) in [4.78, 5) is 21.4. The highest BCUT2D eigenvalue weighted by molar-refractivity contribution is 5.60. The third kappa shape index (κ3) is 4.91. The molecule has 0 radical (unpaired) electrons. The zero-order chi connectivity index (χ0) is 14.5. The molecule has 1 rings (SSSR count). The van der Waals surface area contributed by atoms with Crippen molar-refractivity contribution in [2.75, 3.05) is 0 Å². The minimum absolute atomic E-state index is 0.518. The van der Waals surface area contributed by atoms with Crippen LogP contribution in [0.3, 0.4) is 0 Å². The molecule has 0 amide bonds. The minimum atomic E-state index is -0.838. The topological polar surface area (TPSA) is 44.8 Å². The fourth-order valence-electron chi connectivity index (χ4n) is 1.33. The number of benzene rings is 1. The van der Waals surface area contributed by atoms with E-state index in [9.17, 15) is 4.79 Å². The van der Waals surface area contributed by atoms with E-state index in [0.717, 1.165) is 12.0 Å².